The topological polar surface area (TPSA) is 130 Å². The summed E-state index contributed by atoms with van der Waals surface area (Å²) in [7, 11) is 1.61. The van der Waals surface area contributed by atoms with Gasteiger partial charge in [0.1, 0.15) is 5.75 Å². The number of rotatable bonds is 7. The second kappa shape index (κ2) is 11.0. The second-order valence-electron chi connectivity index (χ2n) is 10.2. The van der Waals surface area contributed by atoms with Crippen molar-refractivity contribution in [3.8, 4) is 5.75 Å². The summed E-state index contributed by atoms with van der Waals surface area (Å²) in [5.41, 5.74) is 8.83. The first-order valence-electron chi connectivity index (χ1n) is 13.2. The Balaban J connectivity index is 1.37. The first-order chi connectivity index (χ1) is 18.4. The van der Waals surface area contributed by atoms with E-state index in [-0.39, 0.29) is 29.6 Å². The third kappa shape index (κ3) is 5.06. The average molecular weight is 522 g/mol. The molecule has 2 aromatic carbocycles. The van der Waals surface area contributed by atoms with E-state index >= 15 is 0 Å². The molecule has 0 bridgehead atoms. The Morgan fingerprint density at radius 1 is 1.18 bits per heavy atom. The van der Waals surface area contributed by atoms with Crippen molar-refractivity contribution in [1.29, 1.82) is 0 Å². The van der Waals surface area contributed by atoms with Crippen LogP contribution in [0.5, 0.6) is 5.75 Å². The minimum Gasteiger partial charge on any atom is -0.496 e. The van der Waals surface area contributed by atoms with Crippen LogP contribution in [0.25, 0.3) is 11.0 Å². The van der Waals surface area contributed by atoms with Crippen molar-refractivity contribution in [2.24, 2.45) is 11.7 Å². The van der Waals surface area contributed by atoms with Crippen molar-refractivity contribution < 1.29 is 19.1 Å². The van der Waals surface area contributed by atoms with Crippen LogP contribution < -0.4 is 26.8 Å². The van der Waals surface area contributed by atoms with Gasteiger partial charge in [-0.2, -0.15) is 0 Å². The van der Waals surface area contributed by atoms with Crippen LogP contribution in [0.1, 0.15) is 47.6 Å². The molecule has 2 heterocycles. The van der Waals surface area contributed by atoms with E-state index in [2.05, 4.69) is 10.6 Å². The first-order valence-corrected chi connectivity index (χ1v) is 13.2. The Kier molecular flexibility index (Phi) is 7.53. The smallest absolute Gasteiger partial charge is 0.329 e. The number of carbonyl (C=O) groups excluding carboxylic acids is 2. The number of aromatic nitrogens is 2. The second-order valence-corrected chi connectivity index (χ2v) is 10.2. The van der Waals surface area contributed by atoms with Crippen LogP contribution in [0, 0.1) is 12.8 Å². The van der Waals surface area contributed by atoms with Gasteiger partial charge in [0.2, 0.25) is 5.91 Å². The van der Waals surface area contributed by atoms with Crippen LogP contribution in [-0.2, 0) is 16.1 Å². The summed E-state index contributed by atoms with van der Waals surface area (Å²) in [5, 5.41) is 6.40. The van der Waals surface area contributed by atoms with Crippen LogP contribution in [0.2, 0.25) is 0 Å². The monoisotopic (exact) mass is 521 g/mol. The molecular weight excluding hydrogens is 486 g/mol. The standard InChI is InChI=1S/C28H35N5O5/c1-17-6-9-19(14-24(17)37-2)31-27(35)18-7-10-21(11-8-18)33-23-5-3-4-22(26(29)34)25(23)32(28(33)36)15-20-16-38-13-12-30-20/h3-6,9,14,18,20-21,30H,7-8,10-13,15-16H2,1-2H3,(H2,29,34)(H,31,35). The number of primary amides is 1. The largest absolute Gasteiger partial charge is 0.496 e. The van der Waals surface area contributed by atoms with Crippen LogP contribution in [0.4, 0.5) is 5.69 Å². The van der Waals surface area contributed by atoms with Gasteiger partial charge in [-0.15, -0.1) is 0 Å². The summed E-state index contributed by atoms with van der Waals surface area (Å²) in [5.74, 6) is -0.00838. The third-order valence-corrected chi connectivity index (χ3v) is 7.76. The molecule has 1 saturated carbocycles. The number of morpholine rings is 1. The number of hydrogen-bond acceptors (Lipinski definition) is 6. The van der Waals surface area contributed by atoms with E-state index in [1.165, 1.54) is 0 Å². The quantitative estimate of drug-likeness (QED) is 0.438. The molecule has 10 nitrogen and oxygen atoms in total. The Morgan fingerprint density at radius 2 is 1.97 bits per heavy atom. The number of benzene rings is 2. The van der Waals surface area contributed by atoms with E-state index in [0.717, 1.165) is 11.3 Å². The number of para-hydroxylation sites is 1. The molecule has 202 valence electrons. The van der Waals surface area contributed by atoms with Crippen molar-refractivity contribution in [2.45, 2.75) is 51.2 Å². The maximum absolute atomic E-state index is 13.8. The zero-order chi connectivity index (χ0) is 26.8. The number of aryl methyl sites for hydroxylation is 1. The number of carbonyl (C=O) groups is 2. The van der Waals surface area contributed by atoms with E-state index < -0.39 is 5.91 Å². The Morgan fingerprint density at radius 3 is 2.66 bits per heavy atom. The lowest BCUT2D eigenvalue weighted by atomic mass is 9.85. The maximum atomic E-state index is 13.8. The molecule has 1 saturated heterocycles. The normalized spacial score (nSPS) is 21.8. The van der Waals surface area contributed by atoms with E-state index in [9.17, 15) is 14.4 Å². The zero-order valence-electron chi connectivity index (χ0n) is 21.9. The molecule has 1 atom stereocenters. The molecule has 38 heavy (non-hydrogen) atoms. The van der Waals surface area contributed by atoms with Gasteiger partial charge in [-0.05, 0) is 56.4 Å². The summed E-state index contributed by atoms with van der Waals surface area (Å²) in [6.07, 6.45) is 2.68. The van der Waals surface area contributed by atoms with Gasteiger partial charge >= 0.3 is 5.69 Å². The number of nitrogens with zero attached hydrogens (tertiary/aromatic N) is 2. The van der Waals surface area contributed by atoms with Gasteiger partial charge in [-0.25, -0.2) is 4.79 Å². The van der Waals surface area contributed by atoms with E-state index in [4.69, 9.17) is 15.2 Å². The summed E-state index contributed by atoms with van der Waals surface area (Å²) < 4.78 is 14.4. The van der Waals surface area contributed by atoms with Gasteiger partial charge in [0.25, 0.3) is 5.91 Å². The number of hydrogen-bond donors (Lipinski definition) is 3. The molecule has 4 N–H and O–H groups in total. The number of nitrogens with one attached hydrogen (secondary N) is 2. The van der Waals surface area contributed by atoms with Crippen molar-refractivity contribution >= 4 is 28.5 Å². The molecule has 1 aliphatic heterocycles. The minimum atomic E-state index is -0.567. The van der Waals surface area contributed by atoms with Crippen molar-refractivity contribution in [3.63, 3.8) is 0 Å². The minimum absolute atomic E-state index is 0.0245. The number of methoxy groups -OCH3 is 1. The fourth-order valence-corrected chi connectivity index (χ4v) is 5.75. The molecule has 3 aromatic rings. The van der Waals surface area contributed by atoms with Gasteiger partial charge in [0.05, 0.1) is 36.9 Å². The molecule has 2 aliphatic rings. The van der Waals surface area contributed by atoms with E-state index in [1.54, 1.807) is 28.4 Å². The van der Waals surface area contributed by atoms with E-state index in [0.29, 0.717) is 74.3 Å². The molecule has 5 rings (SSSR count). The predicted octanol–water partition coefficient (Wildman–Crippen LogP) is 2.58. The van der Waals surface area contributed by atoms with Crippen LogP contribution in [0.3, 0.4) is 0 Å². The van der Waals surface area contributed by atoms with Gasteiger partial charge in [0.15, 0.2) is 0 Å². The first kappa shape index (κ1) is 26.0. The SMILES string of the molecule is COc1cc(NC(=O)C2CCC(n3c(=O)n(CC4COCCN4)c4c(C(N)=O)cccc43)CC2)ccc1C. The van der Waals surface area contributed by atoms with Gasteiger partial charge in [-0.1, -0.05) is 12.1 Å². The maximum Gasteiger partial charge on any atom is 0.329 e. The third-order valence-electron chi connectivity index (χ3n) is 7.76. The molecule has 0 spiro atoms. The Hall–Kier alpha value is -3.63. The van der Waals surface area contributed by atoms with Gasteiger partial charge in [0, 0.05) is 42.8 Å². The summed E-state index contributed by atoms with van der Waals surface area (Å²) in [6.45, 7) is 4.17. The number of ether oxygens (including phenoxy) is 2. The number of anilines is 1. The predicted molar refractivity (Wildman–Crippen MR) is 145 cm³/mol. The fourth-order valence-electron chi connectivity index (χ4n) is 5.75. The van der Waals surface area contributed by atoms with E-state index in [1.807, 2.05) is 31.2 Å². The number of fused-ring (bicyclic) bond motifs is 1. The fraction of sp³-hybridized carbons (Fsp3) is 0.464. The molecule has 2 fully saturated rings. The molecule has 1 aliphatic carbocycles. The average Bonchev–Trinajstić information content (AvgIpc) is 3.21. The highest BCUT2D eigenvalue weighted by Gasteiger charge is 2.31. The summed E-state index contributed by atoms with van der Waals surface area (Å²) in [4.78, 5) is 39.1. The highest BCUT2D eigenvalue weighted by Crippen LogP contribution is 2.35. The highest BCUT2D eigenvalue weighted by atomic mass is 16.5. The van der Waals surface area contributed by atoms with Crippen LogP contribution in [0.15, 0.2) is 41.2 Å². The Labute approximate surface area is 221 Å². The highest BCUT2D eigenvalue weighted by molar-refractivity contribution is 6.04. The number of nitrogens with two attached hydrogens (primary N) is 1. The van der Waals surface area contributed by atoms with Gasteiger partial charge in [-0.3, -0.25) is 18.7 Å². The molecule has 1 unspecified atom stereocenters. The molecular formula is C28H35N5O5. The lowest BCUT2D eigenvalue weighted by Gasteiger charge is -2.28. The van der Waals surface area contributed by atoms with Crippen molar-refractivity contribution in [3.05, 3.63) is 58.0 Å². The van der Waals surface area contributed by atoms with Crippen molar-refractivity contribution in [1.82, 2.24) is 14.5 Å². The zero-order valence-corrected chi connectivity index (χ0v) is 21.9. The number of amides is 2. The van der Waals surface area contributed by atoms with Gasteiger partial charge < -0.3 is 25.8 Å². The number of imidazole rings is 1. The molecule has 1 aromatic heterocycles. The lowest BCUT2D eigenvalue weighted by Crippen LogP contribution is -2.45. The summed E-state index contributed by atoms with van der Waals surface area (Å²) >= 11 is 0. The molecule has 0 radical (unpaired) electrons. The van der Waals surface area contributed by atoms with Crippen molar-refractivity contribution in [2.75, 3.05) is 32.2 Å². The lowest BCUT2D eigenvalue weighted by molar-refractivity contribution is -0.121. The Bertz CT molecular complexity index is 1400. The van der Waals surface area contributed by atoms with Crippen LogP contribution in [-0.4, -0.2) is 53.9 Å². The molecule has 10 heteroatoms. The summed E-state index contributed by atoms with van der Waals surface area (Å²) in [6, 6.07) is 10.8. The molecule has 2 amide bonds. The van der Waals surface area contributed by atoms with Crippen LogP contribution >= 0.6 is 0 Å².